The molecule has 2 amide bonds. The molecule has 0 aliphatic rings. The van der Waals surface area contributed by atoms with Crippen LogP contribution in [0.4, 0.5) is 9.52 Å². The third kappa shape index (κ3) is 4.68. The van der Waals surface area contributed by atoms with Crippen LogP contribution in [0, 0.1) is 12.7 Å². The Morgan fingerprint density at radius 3 is 2.67 bits per heavy atom. The lowest BCUT2D eigenvalue weighted by Crippen LogP contribution is -2.20. The van der Waals surface area contributed by atoms with E-state index in [2.05, 4.69) is 10.3 Å². The van der Waals surface area contributed by atoms with Gasteiger partial charge in [-0.05, 0) is 49.4 Å². The average molecular weight is 385 g/mol. The maximum absolute atomic E-state index is 13.1. The van der Waals surface area contributed by atoms with Crippen LogP contribution in [0.15, 0.2) is 48.5 Å². The second kappa shape index (κ2) is 7.96. The number of anilines is 1. The molecule has 8 heteroatoms. The van der Waals surface area contributed by atoms with Crippen LogP contribution in [0.2, 0.25) is 0 Å². The van der Waals surface area contributed by atoms with E-state index in [-0.39, 0.29) is 18.3 Å². The third-order valence-corrected chi connectivity index (χ3v) is 4.50. The van der Waals surface area contributed by atoms with Gasteiger partial charge in [0, 0.05) is 16.0 Å². The van der Waals surface area contributed by atoms with Crippen molar-refractivity contribution in [1.82, 2.24) is 4.98 Å². The molecule has 0 radical (unpaired) electrons. The Labute approximate surface area is 158 Å². The van der Waals surface area contributed by atoms with Crippen molar-refractivity contribution in [2.45, 2.75) is 6.92 Å². The third-order valence-electron chi connectivity index (χ3n) is 3.61. The normalized spacial score (nSPS) is 10.4. The lowest BCUT2D eigenvalue weighted by Gasteiger charge is -2.06. The van der Waals surface area contributed by atoms with Crippen LogP contribution >= 0.6 is 11.3 Å². The molecule has 3 aromatic rings. The van der Waals surface area contributed by atoms with Crippen LogP contribution in [-0.2, 0) is 4.79 Å². The second-order valence-electron chi connectivity index (χ2n) is 5.67. The predicted molar refractivity (Wildman–Crippen MR) is 101 cm³/mol. The van der Waals surface area contributed by atoms with Crippen molar-refractivity contribution in [2.24, 2.45) is 5.73 Å². The summed E-state index contributed by atoms with van der Waals surface area (Å²) >= 11 is 1.33. The van der Waals surface area contributed by atoms with E-state index >= 15 is 0 Å². The molecule has 27 heavy (non-hydrogen) atoms. The van der Waals surface area contributed by atoms with Gasteiger partial charge in [-0.15, -0.1) is 11.3 Å². The van der Waals surface area contributed by atoms with Crippen LogP contribution in [-0.4, -0.2) is 23.4 Å². The highest BCUT2D eigenvalue weighted by atomic mass is 32.1. The number of rotatable bonds is 6. The molecule has 0 aliphatic carbocycles. The first-order valence-electron chi connectivity index (χ1n) is 7.98. The molecule has 0 unspecified atom stereocenters. The number of hydrogen-bond donors (Lipinski definition) is 2. The summed E-state index contributed by atoms with van der Waals surface area (Å²) in [6, 6.07) is 12.4. The Balaban J connectivity index is 1.75. The number of benzene rings is 2. The molecule has 0 bridgehead atoms. The Bertz CT molecular complexity index is 986. The largest absolute Gasteiger partial charge is 0.484 e. The lowest BCUT2D eigenvalue weighted by molar-refractivity contribution is -0.119. The summed E-state index contributed by atoms with van der Waals surface area (Å²) in [5.41, 5.74) is 6.86. The van der Waals surface area contributed by atoms with Gasteiger partial charge in [0.05, 0.1) is 5.69 Å². The number of hydrogen-bond acceptors (Lipinski definition) is 5. The van der Waals surface area contributed by atoms with Crippen molar-refractivity contribution in [2.75, 3.05) is 11.9 Å². The van der Waals surface area contributed by atoms with Crippen molar-refractivity contribution >= 4 is 28.3 Å². The molecule has 0 spiro atoms. The van der Waals surface area contributed by atoms with Gasteiger partial charge >= 0.3 is 0 Å². The van der Waals surface area contributed by atoms with Crippen LogP contribution in [0.1, 0.15) is 15.2 Å². The van der Waals surface area contributed by atoms with Crippen LogP contribution < -0.4 is 15.8 Å². The number of primary amides is 1. The van der Waals surface area contributed by atoms with Gasteiger partial charge in [0.25, 0.3) is 11.8 Å². The van der Waals surface area contributed by atoms with Crippen molar-refractivity contribution in [3.63, 3.8) is 0 Å². The molecule has 1 aromatic heterocycles. The number of nitrogens with one attached hydrogen (secondary N) is 1. The van der Waals surface area contributed by atoms with E-state index in [0.29, 0.717) is 22.1 Å². The molecular formula is C19H16FN3O3S. The highest BCUT2D eigenvalue weighted by Crippen LogP contribution is 2.30. The van der Waals surface area contributed by atoms with Crippen molar-refractivity contribution < 1.29 is 18.7 Å². The zero-order chi connectivity index (χ0) is 19.4. The summed E-state index contributed by atoms with van der Waals surface area (Å²) in [4.78, 5) is 28.6. The maximum atomic E-state index is 13.1. The predicted octanol–water partition coefficient (Wildman–Crippen LogP) is 3.37. The minimum atomic E-state index is -0.601. The molecular weight excluding hydrogens is 369 g/mol. The number of halogens is 1. The Morgan fingerprint density at radius 2 is 1.96 bits per heavy atom. The lowest BCUT2D eigenvalue weighted by atomic mass is 10.1. The molecule has 0 fully saturated rings. The SMILES string of the molecule is Cc1sc(NC(=O)c2cccc(OCC(N)=O)c2)nc1-c1ccc(F)cc1. The number of nitrogens with two attached hydrogens (primary N) is 1. The summed E-state index contributed by atoms with van der Waals surface area (Å²) < 4.78 is 18.3. The number of ether oxygens (including phenoxy) is 1. The fraction of sp³-hybridized carbons (Fsp3) is 0.105. The minimum Gasteiger partial charge on any atom is -0.484 e. The summed E-state index contributed by atoms with van der Waals surface area (Å²) in [5, 5.41) is 3.17. The summed E-state index contributed by atoms with van der Waals surface area (Å²) in [6.07, 6.45) is 0. The molecule has 3 rings (SSSR count). The van der Waals surface area contributed by atoms with Gasteiger partial charge in [0.2, 0.25) is 0 Å². The van der Waals surface area contributed by atoms with Gasteiger partial charge in [-0.2, -0.15) is 0 Å². The van der Waals surface area contributed by atoms with E-state index < -0.39 is 5.91 Å². The first-order chi connectivity index (χ1) is 12.9. The number of carbonyl (C=O) groups is 2. The van der Waals surface area contributed by atoms with Crippen LogP contribution in [0.25, 0.3) is 11.3 Å². The van der Waals surface area contributed by atoms with Gasteiger partial charge in [-0.1, -0.05) is 6.07 Å². The first kappa shape index (κ1) is 18.5. The van der Waals surface area contributed by atoms with E-state index in [9.17, 15) is 14.0 Å². The van der Waals surface area contributed by atoms with Crippen molar-refractivity contribution in [3.8, 4) is 17.0 Å². The fourth-order valence-electron chi connectivity index (χ4n) is 2.38. The number of aromatic nitrogens is 1. The number of amides is 2. The van der Waals surface area contributed by atoms with Crippen LogP contribution in [0.5, 0.6) is 5.75 Å². The molecule has 0 aliphatic heterocycles. The first-order valence-corrected chi connectivity index (χ1v) is 8.80. The van der Waals surface area contributed by atoms with Gasteiger partial charge in [0.15, 0.2) is 11.7 Å². The maximum Gasteiger partial charge on any atom is 0.257 e. The topological polar surface area (TPSA) is 94.3 Å². The minimum absolute atomic E-state index is 0.266. The summed E-state index contributed by atoms with van der Waals surface area (Å²) in [5.74, 6) is -0.919. The Morgan fingerprint density at radius 1 is 1.22 bits per heavy atom. The molecule has 6 nitrogen and oxygen atoms in total. The average Bonchev–Trinajstić information content (AvgIpc) is 3.01. The highest BCUT2D eigenvalue weighted by molar-refractivity contribution is 7.16. The van der Waals surface area contributed by atoms with Crippen molar-refractivity contribution in [3.05, 3.63) is 64.8 Å². The van der Waals surface area contributed by atoms with E-state index in [4.69, 9.17) is 10.5 Å². The summed E-state index contributed by atoms with van der Waals surface area (Å²) in [7, 11) is 0. The Hall–Kier alpha value is -3.26. The molecule has 1 heterocycles. The molecule has 2 aromatic carbocycles. The Kier molecular flexibility index (Phi) is 5.46. The zero-order valence-corrected chi connectivity index (χ0v) is 15.2. The summed E-state index contributed by atoms with van der Waals surface area (Å²) in [6.45, 7) is 1.61. The quantitative estimate of drug-likeness (QED) is 0.680. The molecule has 0 saturated carbocycles. The monoisotopic (exact) mass is 385 g/mol. The smallest absolute Gasteiger partial charge is 0.257 e. The number of aryl methyl sites for hydroxylation is 1. The van der Waals surface area contributed by atoms with E-state index in [1.54, 1.807) is 30.3 Å². The molecule has 0 atom stereocenters. The van der Waals surface area contributed by atoms with E-state index in [0.717, 1.165) is 10.4 Å². The number of carbonyl (C=O) groups excluding carboxylic acids is 2. The fourth-order valence-corrected chi connectivity index (χ4v) is 3.21. The van der Waals surface area contributed by atoms with E-state index in [1.807, 2.05) is 6.92 Å². The van der Waals surface area contributed by atoms with E-state index in [1.165, 1.54) is 29.5 Å². The number of nitrogens with zero attached hydrogens (tertiary/aromatic N) is 1. The van der Waals surface area contributed by atoms with Crippen molar-refractivity contribution in [1.29, 1.82) is 0 Å². The molecule has 0 saturated heterocycles. The zero-order valence-electron chi connectivity index (χ0n) is 14.4. The van der Waals surface area contributed by atoms with Gasteiger partial charge in [-0.25, -0.2) is 9.37 Å². The molecule has 138 valence electrons. The second-order valence-corrected chi connectivity index (χ2v) is 6.87. The standard InChI is InChI=1S/C19H16FN3O3S/c1-11-17(12-5-7-14(20)8-6-12)22-19(27-11)23-18(25)13-3-2-4-15(9-13)26-10-16(21)24/h2-9H,10H2,1H3,(H2,21,24)(H,22,23,25). The van der Waals surface area contributed by atoms with Gasteiger partial charge in [0.1, 0.15) is 11.6 Å². The highest BCUT2D eigenvalue weighted by Gasteiger charge is 2.14. The van der Waals surface area contributed by atoms with Gasteiger partial charge < -0.3 is 10.5 Å². The van der Waals surface area contributed by atoms with Gasteiger partial charge in [-0.3, -0.25) is 14.9 Å². The molecule has 3 N–H and O–H groups in total. The number of thiazole rings is 1. The van der Waals surface area contributed by atoms with Crippen LogP contribution in [0.3, 0.4) is 0 Å².